The number of anilines is 1. The first-order valence-corrected chi connectivity index (χ1v) is 11.5. The van der Waals surface area contributed by atoms with E-state index < -0.39 is 10.0 Å². The molecule has 2 rings (SSSR count). The molecule has 0 radical (unpaired) electrons. The Balaban J connectivity index is 2.13. The number of nitrogens with one attached hydrogen (secondary N) is 2. The van der Waals surface area contributed by atoms with E-state index in [4.69, 9.17) is 0 Å². The van der Waals surface area contributed by atoms with Gasteiger partial charge in [0.25, 0.3) is 5.91 Å². The van der Waals surface area contributed by atoms with Gasteiger partial charge < -0.3 is 10.2 Å². The fourth-order valence-corrected chi connectivity index (χ4v) is 4.71. The van der Waals surface area contributed by atoms with Gasteiger partial charge in [-0.3, -0.25) is 4.79 Å². The van der Waals surface area contributed by atoms with Crippen LogP contribution in [0.15, 0.2) is 53.4 Å². The molecular weight excluding hydrogens is 386 g/mol. The molecule has 0 saturated heterocycles. The number of benzene rings is 2. The van der Waals surface area contributed by atoms with Crippen LogP contribution >= 0.6 is 0 Å². The van der Waals surface area contributed by atoms with E-state index in [1.165, 1.54) is 9.87 Å². The van der Waals surface area contributed by atoms with Crippen molar-refractivity contribution in [3.05, 3.63) is 59.7 Å². The van der Waals surface area contributed by atoms with Crippen LogP contribution in [0.2, 0.25) is 0 Å². The lowest BCUT2D eigenvalue weighted by Gasteiger charge is -2.20. The van der Waals surface area contributed by atoms with Gasteiger partial charge in [-0.15, -0.1) is 0 Å². The van der Waals surface area contributed by atoms with Crippen LogP contribution in [-0.2, 0) is 21.4 Å². The lowest BCUT2D eigenvalue weighted by Crippen LogP contribution is -3.11. The average Bonchev–Trinajstić information content (AvgIpc) is 2.70. The summed E-state index contributed by atoms with van der Waals surface area (Å²) in [5.41, 5.74) is 2.55. The van der Waals surface area contributed by atoms with Crippen LogP contribution in [-0.4, -0.2) is 44.8 Å². The summed E-state index contributed by atoms with van der Waals surface area (Å²) >= 11 is 0. The van der Waals surface area contributed by atoms with Gasteiger partial charge in [-0.05, 0) is 31.5 Å². The van der Waals surface area contributed by atoms with E-state index in [1.54, 1.807) is 18.2 Å². The highest BCUT2D eigenvalue weighted by Crippen LogP contribution is 2.22. The molecular formula is C22H32N3O3S+. The van der Waals surface area contributed by atoms with Crippen LogP contribution in [0, 0.1) is 6.92 Å². The van der Waals surface area contributed by atoms with Crippen molar-refractivity contribution in [2.24, 2.45) is 0 Å². The van der Waals surface area contributed by atoms with Crippen molar-refractivity contribution in [3.8, 4) is 0 Å². The second kappa shape index (κ2) is 10.5. The van der Waals surface area contributed by atoms with Crippen molar-refractivity contribution < 1.29 is 18.1 Å². The fraction of sp³-hybridized carbons (Fsp3) is 0.409. The van der Waals surface area contributed by atoms with Crippen LogP contribution in [0.4, 0.5) is 5.69 Å². The van der Waals surface area contributed by atoms with Gasteiger partial charge in [-0.1, -0.05) is 50.2 Å². The summed E-state index contributed by atoms with van der Waals surface area (Å²) in [6.45, 7) is 10.2. The van der Waals surface area contributed by atoms with Crippen LogP contribution in [0.1, 0.15) is 31.9 Å². The summed E-state index contributed by atoms with van der Waals surface area (Å²) < 4.78 is 27.0. The molecule has 0 aromatic heterocycles. The molecule has 7 heteroatoms. The van der Waals surface area contributed by atoms with E-state index in [9.17, 15) is 13.2 Å². The zero-order valence-electron chi connectivity index (χ0n) is 17.7. The number of rotatable bonds is 10. The summed E-state index contributed by atoms with van der Waals surface area (Å²) in [7, 11) is -3.57. The van der Waals surface area contributed by atoms with E-state index in [0.717, 1.165) is 23.6 Å². The van der Waals surface area contributed by atoms with Gasteiger partial charge in [0.2, 0.25) is 10.0 Å². The summed E-state index contributed by atoms with van der Waals surface area (Å²) in [5.74, 6) is -0.127. The van der Waals surface area contributed by atoms with E-state index >= 15 is 0 Å². The predicted octanol–water partition coefficient (Wildman–Crippen LogP) is 2.07. The maximum absolute atomic E-state index is 12.8. The molecule has 0 fully saturated rings. The normalized spacial score (nSPS) is 12.7. The second-order valence-corrected chi connectivity index (χ2v) is 8.99. The molecule has 0 saturated carbocycles. The molecule has 2 aromatic rings. The largest absolute Gasteiger partial charge is 0.324 e. The molecule has 2 aromatic carbocycles. The molecule has 0 aliphatic rings. The zero-order chi connectivity index (χ0) is 21.4. The van der Waals surface area contributed by atoms with Crippen LogP contribution in [0.5, 0.6) is 0 Å². The lowest BCUT2D eigenvalue weighted by molar-refractivity contribution is -0.903. The van der Waals surface area contributed by atoms with Gasteiger partial charge >= 0.3 is 0 Å². The third-order valence-electron chi connectivity index (χ3n) is 5.03. The Morgan fingerprint density at radius 3 is 2.28 bits per heavy atom. The van der Waals surface area contributed by atoms with Crippen molar-refractivity contribution >= 4 is 21.6 Å². The summed E-state index contributed by atoms with van der Waals surface area (Å²) in [6, 6.07) is 15.0. The molecule has 29 heavy (non-hydrogen) atoms. The fourth-order valence-electron chi connectivity index (χ4n) is 3.23. The maximum Gasteiger partial charge on any atom is 0.279 e. The molecule has 0 heterocycles. The van der Waals surface area contributed by atoms with Gasteiger partial charge in [0.1, 0.15) is 6.54 Å². The Labute approximate surface area is 174 Å². The SMILES string of the molecule is CCN(CC)S(=O)(=O)c1ccc(C)c(NC(=O)C[NH+](CC)Cc2ccccc2)c1. The predicted molar refractivity (Wildman–Crippen MR) is 116 cm³/mol. The Kier molecular flexibility index (Phi) is 8.37. The highest BCUT2D eigenvalue weighted by Gasteiger charge is 2.23. The van der Waals surface area contributed by atoms with Crippen LogP contribution in [0.3, 0.4) is 0 Å². The Morgan fingerprint density at radius 1 is 1.03 bits per heavy atom. The first-order valence-electron chi connectivity index (χ1n) is 10.1. The first kappa shape index (κ1) is 23.1. The number of likely N-dealkylation sites (N-methyl/N-ethyl adjacent to an activating group) is 1. The van der Waals surface area contributed by atoms with Gasteiger partial charge in [0, 0.05) is 24.3 Å². The number of nitrogens with zero attached hydrogens (tertiary/aromatic N) is 1. The topological polar surface area (TPSA) is 70.9 Å². The quantitative estimate of drug-likeness (QED) is 0.621. The number of sulfonamides is 1. The second-order valence-electron chi connectivity index (χ2n) is 7.06. The molecule has 0 spiro atoms. The Bertz CT molecular complexity index is 910. The standard InChI is InChI=1S/C22H31N3O3S/c1-5-24(16-19-11-9-8-10-12-19)17-22(26)23-21-15-20(14-13-18(21)4)29(27,28)25(6-2)7-3/h8-15H,5-7,16-17H2,1-4H3,(H,23,26)/p+1. The van der Waals surface area contributed by atoms with Crippen LogP contribution in [0.25, 0.3) is 0 Å². The number of carbonyl (C=O) groups excluding carboxylic acids is 1. The highest BCUT2D eigenvalue weighted by atomic mass is 32.2. The number of carbonyl (C=O) groups is 1. The first-order chi connectivity index (χ1) is 13.8. The summed E-state index contributed by atoms with van der Waals surface area (Å²) in [6.07, 6.45) is 0. The molecule has 2 N–H and O–H groups in total. The van der Waals surface area contributed by atoms with E-state index in [1.807, 2.05) is 45.9 Å². The molecule has 1 unspecified atom stereocenters. The van der Waals surface area contributed by atoms with Crippen molar-refractivity contribution in [2.75, 3.05) is 31.5 Å². The van der Waals surface area contributed by atoms with E-state index in [-0.39, 0.29) is 10.8 Å². The number of aryl methyl sites for hydroxylation is 1. The van der Waals surface area contributed by atoms with Crippen LogP contribution < -0.4 is 10.2 Å². The molecule has 1 amide bonds. The third-order valence-corrected chi connectivity index (χ3v) is 7.08. The number of amides is 1. The molecule has 0 bridgehead atoms. The Hall–Kier alpha value is -2.22. The lowest BCUT2D eigenvalue weighted by atomic mass is 10.2. The van der Waals surface area contributed by atoms with Crippen molar-refractivity contribution in [1.82, 2.24) is 4.31 Å². The number of quaternary nitrogens is 1. The average molecular weight is 419 g/mol. The molecule has 0 aliphatic heterocycles. The minimum Gasteiger partial charge on any atom is -0.324 e. The molecule has 1 atom stereocenters. The van der Waals surface area contributed by atoms with Gasteiger partial charge in [0.05, 0.1) is 11.4 Å². The summed E-state index contributed by atoms with van der Waals surface area (Å²) in [4.78, 5) is 14.0. The third kappa shape index (κ3) is 6.13. The highest BCUT2D eigenvalue weighted by molar-refractivity contribution is 7.89. The molecule has 158 valence electrons. The Morgan fingerprint density at radius 2 is 1.69 bits per heavy atom. The monoisotopic (exact) mass is 418 g/mol. The van der Waals surface area contributed by atoms with Crippen molar-refractivity contribution in [3.63, 3.8) is 0 Å². The van der Waals surface area contributed by atoms with Crippen molar-refractivity contribution in [2.45, 2.75) is 39.1 Å². The molecule has 6 nitrogen and oxygen atoms in total. The summed E-state index contributed by atoms with van der Waals surface area (Å²) in [5, 5.41) is 2.91. The van der Waals surface area contributed by atoms with Crippen molar-refractivity contribution in [1.29, 1.82) is 0 Å². The number of hydrogen-bond acceptors (Lipinski definition) is 3. The molecule has 0 aliphatic carbocycles. The van der Waals surface area contributed by atoms with Gasteiger partial charge in [0.15, 0.2) is 6.54 Å². The minimum atomic E-state index is -3.57. The van der Waals surface area contributed by atoms with Gasteiger partial charge in [-0.25, -0.2) is 8.42 Å². The maximum atomic E-state index is 12.8. The zero-order valence-corrected chi connectivity index (χ0v) is 18.6. The minimum absolute atomic E-state index is 0.127. The van der Waals surface area contributed by atoms with Gasteiger partial charge in [-0.2, -0.15) is 4.31 Å². The smallest absolute Gasteiger partial charge is 0.279 e. The van der Waals surface area contributed by atoms with E-state index in [0.29, 0.717) is 25.3 Å². The van der Waals surface area contributed by atoms with E-state index in [2.05, 4.69) is 17.4 Å². The number of hydrogen-bond donors (Lipinski definition) is 2.